The van der Waals surface area contributed by atoms with Gasteiger partial charge in [-0.1, -0.05) is 12.1 Å². The first kappa shape index (κ1) is 8.26. The van der Waals surface area contributed by atoms with Gasteiger partial charge in [-0.25, -0.2) is 0 Å². The molecule has 1 atom stereocenters. The molecule has 0 spiro atoms. The number of rotatable bonds is 4. The molecule has 68 valence electrons. The summed E-state index contributed by atoms with van der Waals surface area (Å²) in [7, 11) is 0. The van der Waals surface area contributed by atoms with Crippen molar-refractivity contribution in [2.24, 2.45) is 0 Å². The van der Waals surface area contributed by atoms with Gasteiger partial charge < -0.3 is 9.47 Å². The number of benzene rings is 1. The summed E-state index contributed by atoms with van der Waals surface area (Å²) in [5, 5.41) is 0. The van der Waals surface area contributed by atoms with Crippen molar-refractivity contribution in [3.63, 3.8) is 0 Å². The minimum absolute atomic E-state index is 0.250. The first-order valence-corrected chi connectivity index (χ1v) is 4.18. The topological polar surface area (TPSA) is 38.8 Å². The number of carbonyl (C=O) groups excluding carboxylic acids is 1. The van der Waals surface area contributed by atoms with E-state index in [1.165, 1.54) is 0 Å². The average molecular weight is 178 g/mol. The van der Waals surface area contributed by atoms with E-state index in [0.29, 0.717) is 12.2 Å². The molecule has 0 bridgehead atoms. The molecule has 1 aliphatic heterocycles. The van der Waals surface area contributed by atoms with E-state index in [0.717, 1.165) is 18.6 Å². The highest BCUT2D eigenvalue weighted by atomic mass is 16.6. The predicted molar refractivity (Wildman–Crippen MR) is 47.1 cm³/mol. The Morgan fingerprint density at radius 1 is 1.62 bits per heavy atom. The Morgan fingerprint density at radius 3 is 3.15 bits per heavy atom. The molecule has 3 nitrogen and oxygen atoms in total. The van der Waals surface area contributed by atoms with Crippen molar-refractivity contribution in [3.05, 3.63) is 29.8 Å². The number of hydrogen-bond acceptors (Lipinski definition) is 3. The molecule has 13 heavy (non-hydrogen) atoms. The van der Waals surface area contributed by atoms with Crippen LogP contribution in [0.15, 0.2) is 24.3 Å². The Balaban J connectivity index is 1.97. The van der Waals surface area contributed by atoms with Crippen LogP contribution in [0.2, 0.25) is 0 Å². The molecule has 0 amide bonds. The largest absolute Gasteiger partial charge is 0.491 e. The molecule has 2 rings (SSSR count). The molecular weight excluding hydrogens is 168 g/mol. The highest BCUT2D eigenvalue weighted by molar-refractivity contribution is 5.75. The third kappa shape index (κ3) is 2.29. The van der Waals surface area contributed by atoms with Crippen molar-refractivity contribution < 1.29 is 14.3 Å². The van der Waals surface area contributed by atoms with Crippen LogP contribution < -0.4 is 4.74 Å². The first-order valence-electron chi connectivity index (χ1n) is 4.18. The zero-order valence-electron chi connectivity index (χ0n) is 7.10. The molecule has 1 heterocycles. The van der Waals surface area contributed by atoms with Gasteiger partial charge in [0.2, 0.25) is 0 Å². The van der Waals surface area contributed by atoms with Crippen LogP contribution in [0.25, 0.3) is 0 Å². The highest BCUT2D eigenvalue weighted by Crippen LogP contribution is 2.15. The van der Waals surface area contributed by atoms with E-state index < -0.39 is 0 Å². The maximum absolute atomic E-state index is 10.4. The van der Waals surface area contributed by atoms with Gasteiger partial charge in [-0.15, -0.1) is 0 Å². The maximum Gasteiger partial charge on any atom is 0.150 e. The van der Waals surface area contributed by atoms with Crippen molar-refractivity contribution >= 4 is 6.29 Å². The van der Waals surface area contributed by atoms with E-state index in [1.807, 2.05) is 6.07 Å². The lowest BCUT2D eigenvalue weighted by molar-refractivity contribution is 0.112. The lowest BCUT2D eigenvalue weighted by Gasteiger charge is -2.03. The fourth-order valence-corrected chi connectivity index (χ4v) is 1.03. The van der Waals surface area contributed by atoms with Gasteiger partial charge in [-0.3, -0.25) is 4.79 Å². The predicted octanol–water partition coefficient (Wildman–Crippen LogP) is 1.28. The van der Waals surface area contributed by atoms with Crippen LogP contribution in [0.5, 0.6) is 5.75 Å². The average Bonchev–Trinajstić information content (AvgIpc) is 2.99. The fraction of sp³-hybridized carbons (Fsp3) is 0.300. The summed E-state index contributed by atoms with van der Waals surface area (Å²) in [6.45, 7) is 1.36. The van der Waals surface area contributed by atoms with Gasteiger partial charge in [0, 0.05) is 5.56 Å². The van der Waals surface area contributed by atoms with Crippen LogP contribution in [0.3, 0.4) is 0 Å². The summed E-state index contributed by atoms with van der Waals surface area (Å²) in [4.78, 5) is 10.4. The lowest BCUT2D eigenvalue weighted by Crippen LogP contribution is -2.03. The van der Waals surface area contributed by atoms with Crippen molar-refractivity contribution in [2.75, 3.05) is 13.2 Å². The Labute approximate surface area is 76.3 Å². The van der Waals surface area contributed by atoms with Gasteiger partial charge >= 0.3 is 0 Å². The lowest BCUT2D eigenvalue weighted by atomic mass is 10.2. The number of aldehydes is 1. The minimum Gasteiger partial charge on any atom is -0.491 e. The summed E-state index contributed by atoms with van der Waals surface area (Å²) in [5.41, 5.74) is 0.634. The normalized spacial score (nSPS) is 19.5. The summed E-state index contributed by atoms with van der Waals surface area (Å²) < 4.78 is 10.4. The van der Waals surface area contributed by atoms with Crippen LogP contribution in [0, 0.1) is 0 Å². The van der Waals surface area contributed by atoms with Crippen molar-refractivity contribution in [2.45, 2.75) is 6.10 Å². The standard InChI is InChI=1S/C10H10O3/c11-5-8-2-1-3-9(4-8)12-6-10-7-13-10/h1-5,10H,6-7H2/t10-/m0/s1. The summed E-state index contributed by atoms with van der Waals surface area (Å²) in [6, 6.07) is 7.09. The number of hydrogen-bond donors (Lipinski definition) is 0. The first-order chi connectivity index (χ1) is 6.38. The van der Waals surface area contributed by atoms with E-state index in [9.17, 15) is 4.79 Å². The summed E-state index contributed by atoms with van der Waals surface area (Å²) in [5.74, 6) is 0.722. The summed E-state index contributed by atoms with van der Waals surface area (Å²) >= 11 is 0. The van der Waals surface area contributed by atoms with Gasteiger partial charge in [-0.05, 0) is 12.1 Å². The highest BCUT2D eigenvalue weighted by Gasteiger charge is 2.22. The molecule has 1 fully saturated rings. The van der Waals surface area contributed by atoms with Gasteiger partial charge in [0.25, 0.3) is 0 Å². The van der Waals surface area contributed by atoms with Crippen LogP contribution in [0.1, 0.15) is 10.4 Å². The molecule has 0 aromatic heterocycles. The Kier molecular flexibility index (Phi) is 2.27. The van der Waals surface area contributed by atoms with Gasteiger partial charge in [0.15, 0.2) is 0 Å². The third-order valence-electron chi connectivity index (χ3n) is 1.83. The van der Waals surface area contributed by atoms with E-state index >= 15 is 0 Å². The fourth-order valence-electron chi connectivity index (χ4n) is 1.03. The van der Waals surface area contributed by atoms with Gasteiger partial charge in [0.1, 0.15) is 24.7 Å². The van der Waals surface area contributed by atoms with Crippen LogP contribution in [-0.4, -0.2) is 25.6 Å². The molecule has 1 aliphatic rings. The SMILES string of the molecule is O=Cc1cccc(OC[C@H]2CO2)c1. The molecule has 0 unspecified atom stereocenters. The van der Waals surface area contributed by atoms with Crippen LogP contribution in [0.4, 0.5) is 0 Å². The van der Waals surface area contributed by atoms with Gasteiger partial charge in [0.05, 0.1) is 6.61 Å². The smallest absolute Gasteiger partial charge is 0.150 e. The molecule has 3 heteroatoms. The van der Waals surface area contributed by atoms with Crippen molar-refractivity contribution in [1.82, 2.24) is 0 Å². The molecule has 0 aliphatic carbocycles. The Bertz CT molecular complexity index is 305. The quantitative estimate of drug-likeness (QED) is 0.515. The molecular formula is C10H10O3. The van der Waals surface area contributed by atoms with Crippen molar-refractivity contribution in [3.8, 4) is 5.75 Å². The zero-order chi connectivity index (χ0) is 9.10. The third-order valence-corrected chi connectivity index (χ3v) is 1.83. The van der Waals surface area contributed by atoms with E-state index in [4.69, 9.17) is 9.47 Å². The van der Waals surface area contributed by atoms with E-state index in [2.05, 4.69) is 0 Å². The number of epoxide rings is 1. The van der Waals surface area contributed by atoms with E-state index in [1.54, 1.807) is 18.2 Å². The molecule has 1 saturated heterocycles. The van der Waals surface area contributed by atoms with Crippen LogP contribution >= 0.6 is 0 Å². The maximum atomic E-state index is 10.4. The molecule has 1 aromatic carbocycles. The Hall–Kier alpha value is -1.35. The minimum atomic E-state index is 0.250. The second-order valence-electron chi connectivity index (χ2n) is 2.96. The van der Waals surface area contributed by atoms with Gasteiger partial charge in [-0.2, -0.15) is 0 Å². The van der Waals surface area contributed by atoms with Crippen LogP contribution in [-0.2, 0) is 4.74 Å². The van der Waals surface area contributed by atoms with E-state index in [-0.39, 0.29) is 6.10 Å². The second-order valence-corrected chi connectivity index (χ2v) is 2.96. The monoisotopic (exact) mass is 178 g/mol. The summed E-state index contributed by atoms with van der Waals surface area (Å²) in [6.07, 6.45) is 1.06. The Morgan fingerprint density at radius 2 is 2.46 bits per heavy atom. The number of ether oxygens (including phenoxy) is 2. The zero-order valence-corrected chi connectivity index (χ0v) is 7.10. The molecule has 0 N–H and O–H groups in total. The molecule has 0 saturated carbocycles. The molecule has 0 radical (unpaired) electrons. The number of carbonyl (C=O) groups is 1. The molecule has 1 aromatic rings. The second kappa shape index (κ2) is 3.58. The van der Waals surface area contributed by atoms with Crippen molar-refractivity contribution in [1.29, 1.82) is 0 Å².